The van der Waals surface area contributed by atoms with Crippen molar-refractivity contribution in [3.63, 3.8) is 0 Å². The third-order valence-electron chi connectivity index (χ3n) is 5.49. The van der Waals surface area contributed by atoms with E-state index in [1.54, 1.807) is 18.2 Å². The normalized spacial score (nSPS) is 11.4. The minimum absolute atomic E-state index is 0.148. The minimum atomic E-state index is -3.75. The predicted molar refractivity (Wildman–Crippen MR) is 148 cm³/mol. The van der Waals surface area contributed by atoms with Gasteiger partial charge in [0.2, 0.25) is 0 Å². The van der Waals surface area contributed by atoms with E-state index in [0.29, 0.717) is 26.4 Å². The van der Waals surface area contributed by atoms with E-state index in [2.05, 4.69) is 26.0 Å². The van der Waals surface area contributed by atoms with Crippen molar-refractivity contribution in [3.05, 3.63) is 82.1 Å². The Labute approximate surface area is 229 Å². The van der Waals surface area contributed by atoms with Crippen LogP contribution >= 0.6 is 27.3 Å². The molecule has 9 nitrogen and oxygen atoms in total. The first-order valence-electron chi connectivity index (χ1n) is 11.1. The van der Waals surface area contributed by atoms with Crippen LogP contribution in [0.25, 0.3) is 21.9 Å². The molecule has 1 amide bonds. The van der Waals surface area contributed by atoms with Crippen molar-refractivity contribution in [2.75, 3.05) is 23.8 Å². The van der Waals surface area contributed by atoms with Gasteiger partial charge in [0.05, 0.1) is 22.1 Å². The fourth-order valence-electron chi connectivity index (χ4n) is 3.74. The Morgan fingerprint density at radius 3 is 2.45 bits per heavy atom. The van der Waals surface area contributed by atoms with Gasteiger partial charge in [0.25, 0.3) is 15.9 Å². The second kappa shape index (κ2) is 10.5. The molecule has 2 N–H and O–H groups in total. The van der Waals surface area contributed by atoms with Gasteiger partial charge in [-0.3, -0.25) is 9.52 Å². The molecule has 38 heavy (non-hydrogen) atoms. The van der Waals surface area contributed by atoms with Crippen molar-refractivity contribution in [3.8, 4) is 5.75 Å². The van der Waals surface area contributed by atoms with Gasteiger partial charge in [0, 0.05) is 22.5 Å². The molecule has 12 heteroatoms. The first-order valence-corrected chi connectivity index (χ1v) is 14.2. The zero-order valence-corrected chi connectivity index (χ0v) is 22.9. The summed E-state index contributed by atoms with van der Waals surface area (Å²) >= 11 is 4.31. The lowest BCUT2D eigenvalue weighted by atomic mass is 10.1. The van der Waals surface area contributed by atoms with E-state index in [4.69, 9.17) is 13.9 Å². The van der Waals surface area contributed by atoms with Gasteiger partial charge in [0.15, 0.2) is 6.61 Å². The number of thiophene rings is 1. The minimum Gasteiger partial charge on any atom is -0.495 e. The van der Waals surface area contributed by atoms with Crippen LogP contribution in [-0.2, 0) is 19.6 Å². The van der Waals surface area contributed by atoms with Crippen molar-refractivity contribution in [1.29, 1.82) is 0 Å². The maximum atomic E-state index is 12.5. The van der Waals surface area contributed by atoms with Crippen LogP contribution < -0.4 is 14.8 Å². The van der Waals surface area contributed by atoms with Gasteiger partial charge < -0.3 is 19.2 Å². The molecule has 5 aromatic rings. The van der Waals surface area contributed by atoms with Crippen molar-refractivity contribution < 1.29 is 31.9 Å². The lowest BCUT2D eigenvalue weighted by Gasteiger charge is -2.11. The van der Waals surface area contributed by atoms with Crippen LogP contribution in [0.15, 0.2) is 85.2 Å². The summed E-state index contributed by atoms with van der Waals surface area (Å²) in [5, 5.41) is 4.44. The first-order chi connectivity index (χ1) is 18.2. The van der Waals surface area contributed by atoms with Crippen LogP contribution in [0.3, 0.4) is 0 Å². The summed E-state index contributed by atoms with van der Waals surface area (Å²) in [4.78, 5) is 25.0. The number of fused-ring (bicyclic) bond motifs is 3. The van der Waals surface area contributed by atoms with Gasteiger partial charge in [-0.2, -0.15) is 0 Å². The zero-order valence-electron chi connectivity index (χ0n) is 19.7. The lowest BCUT2D eigenvalue weighted by Crippen LogP contribution is -2.21. The molecule has 5 rings (SSSR count). The van der Waals surface area contributed by atoms with Gasteiger partial charge in [0.1, 0.15) is 21.1 Å². The van der Waals surface area contributed by atoms with E-state index in [1.165, 1.54) is 37.4 Å². The zero-order chi connectivity index (χ0) is 26.9. The Bertz CT molecular complexity index is 1780. The molecule has 3 aromatic carbocycles. The Morgan fingerprint density at radius 1 is 0.974 bits per heavy atom. The number of anilines is 2. The standard InChI is InChI=1S/C26H19BrN2O7S2/c1-34-22-12-18-17-4-2-3-5-20(17)36-21(18)13-19(22)28-24(30)14-35-26(31)15-6-8-16(9-7-15)29-38(32,33)25-11-10-23(27)37-25/h2-13,29H,14H2,1H3,(H,28,30). The number of ether oxygens (including phenoxy) is 2. The SMILES string of the molecule is COc1cc2c(cc1NC(=O)COC(=O)c1ccc(NS(=O)(=O)c3ccc(Br)s3)cc1)oc1ccccc12. The lowest BCUT2D eigenvalue weighted by molar-refractivity contribution is -0.119. The third kappa shape index (κ3) is 5.37. The highest BCUT2D eigenvalue weighted by Gasteiger charge is 2.18. The fourth-order valence-corrected chi connectivity index (χ4v) is 6.81. The van der Waals surface area contributed by atoms with Crippen LogP contribution in [0.4, 0.5) is 11.4 Å². The number of para-hydroxylation sites is 1. The number of nitrogens with one attached hydrogen (secondary N) is 2. The monoisotopic (exact) mass is 614 g/mol. The average Bonchev–Trinajstić information content (AvgIpc) is 3.50. The number of furan rings is 1. The van der Waals surface area contributed by atoms with E-state index < -0.39 is 28.5 Å². The van der Waals surface area contributed by atoms with E-state index >= 15 is 0 Å². The predicted octanol–water partition coefficient (Wildman–Crippen LogP) is 6.01. The molecular weight excluding hydrogens is 596 g/mol. The third-order valence-corrected chi connectivity index (χ3v) is 8.99. The summed E-state index contributed by atoms with van der Waals surface area (Å²) in [6.45, 7) is -0.540. The number of halogens is 1. The van der Waals surface area contributed by atoms with Crippen LogP contribution in [0.5, 0.6) is 5.75 Å². The van der Waals surface area contributed by atoms with Gasteiger partial charge in [-0.1, -0.05) is 18.2 Å². The second-order valence-electron chi connectivity index (χ2n) is 8.01. The fraction of sp³-hybridized carbons (Fsp3) is 0.0769. The number of carbonyl (C=O) groups is 2. The first kappa shape index (κ1) is 25.8. The van der Waals surface area contributed by atoms with Crippen LogP contribution in [0.1, 0.15) is 10.4 Å². The molecule has 2 heterocycles. The summed E-state index contributed by atoms with van der Waals surface area (Å²) in [7, 11) is -2.26. The maximum Gasteiger partial charge on any atom is 0.338 e. The van der Waals surface area contributed by atoms with Gasteiger partial charge in [-0.05, 0) is 64.5 Å². The highest BCUT2D eigenvalue weighted by atomic mass is 79.9. The highest BCUT2D eigenvalue weighted by molar-refractivity contribution is 9.11. The van der Waals surface area contributed by atoms with Gasteiger partial charge >= 0.3 is 5.97 Å². The molecule has 0 unspecified atom stereocenters. The van der Waals surface area contributed by atoms with Gasteiger partial charge in [-0.15, -0.1) is 11.3 Å². The molecular formula is C26H19BrN2O7S2. The smallest absolute Gasteiger partial charge is 0.338 e. The van der Waals surface area contributed by atoms with E-state index in [9.17, 15) is 18.0 Å². The van der Waals surface area contributed by atoms with Crippen LogP contribution in [-0.4, -0.2) is 34.0 Å². The number of hydrogen-bond donors (Lipinski definition) is 2. The second-order valence-corrected chi connectivity index (χ2v) is 12.4. The molecule has 0 aliphatic heterocycles. The van der Waals surface area contributed by atoms with E-state index in [-0.39, 0.29) is 15.5 Å². The molecule has 0 fully saturated rings. The quantitative estimate of drug-likeness (QED) is 0.205. The number of carbonyl (C=O) groups excluding carboxylic acids is 2. The van der Waals surface area contributed by atoms with Crippen molar-refractivity contribution in [1.82, 2.24) is 0 Å². The summed E-state index contributed by atoms with van der Waals surface area (Å²) < 4.78 is 44.6. The van der Waals surface area contributed by atoms with E-state index in [1.807, 2.05) is 24.3 Å². The Morgan fingerprint density at radius 2 is 1.74 bits per heavy atom. The number of sulfonamides is 1. The maximum absolute atomic E-state index is 12.5. The summed E-state index contributed by atoms with van der Waals surface area (Å²) in [6.07, 6.45) is 0. The molecule has 0 aliphatic carbocycles. The molecule has 2 aromatic heterocycles. The summed E-state index contributed by atoms with van der Waals surface area (Å²) in [5.41, 5.74) is 2.08. The molecule has 0 bridgehead atoms. The molecule has 0 spiro atoms. The average molecular weight is 615 g/mol. The molecule has 0 atom stereocenters. The molecule has 0 radical (unpaired) electrons. The molecule has 0 saturated heterocycles. The molecule has 0 aliphatic rings. The number of esters is 1. The number of hydrogen-bond acceptors (Lipinski definition) is 8. The summed E-state index contributed by atoms with van der Waals surface area (Å²) in [5.74, 6) is -0.883. The Balaban J connectivity index is 1.21. The largest absolute Gasteiger partial charge is 0.495 e. The van der Waals surface area contributed by atoms with Gasteiger partial charge in [-0.25, -0.2) is 13.2 Å². The van der Waals surface area contributed by atoms with Crippen molar-refractivity contribution in [2.24, 2.45) is 0 Å². The van der Waals surface area contributed by atoms with Crippen molar-refractivity contribution in [2.45, 2.75) is 4.21 Å². The Hall–Kier alpha value is -3.87. The van der Waals surface area contributed by atoms with Crippen LogP contribution in [0.2, 0.25) is 0 Å². The molecule has 0 saturated carbocycles. The van der Waals surface area contributed by atoms with Crippen LogP contribution in [0, 0.1) is 0 Å². The number of methoxy groups -OCH3 is 1. The highest BCUT2D eigenvalue weighted by Crippen LogP contribution is 2.36. The van der Waals surface area contributed by atoms with E-state index in [0.717, 1.165) is 22.1 Å². The Kier molecular flexibility index (Phi) is 7.11. The number of amides is 1. The summed E-state index contributed by atoms with van der Waals surface area (Å²) in [6, 6.07) is 19.8. The molecule has 194 valence electrons. The van der Waals surface area contributed by atoms with Crippen molar-refractivity contribution >= 4 is 82.5 Å². The number of rotatable bonds is 8. The number of benzene rings is 3. The topological polar surface area (TPSA) is 124 Å².